The van der Waals surface area contributed by atoms with Crippen LogP contribution in [0, 0.1) is 0 Å². The second-order valence-corrected chi connectivity index (χ2v) is 5.21. The molecule has 2 atom stereocenters. The number of aliphatic hydroxyl groups excluding tert-OH is 1. The smallest absolute Gasteiger partial charge is 0.0967 e. The highest BCUT2D eigenvalue weighted by Crippen LogP contribution is 2.26. The fourth-order valence-electron chi connectivity index (χ4n) is 2.54. The van der Waals surface area contributed by atoms with Gasteiger partial charge in [0, 0.05) is 28.6 Å². The molecule has 3 heteroatoms. The minimum Gasteiger partial charge on any atom is -0.392 e. The lowest BCUT2D eigenvalue weighted by Crippen LogP contribution is -2.15. The van der Waals surface area contributed by atoms with Gasteiger partial charge in [-0.15, -0.1) is 0 Å². The van der Waals surface area contributed by atoms with E-state index in [0.29, 0.717) is 0 Å². The Kier molecular flexibility index (Phi) is 3.36. The largest absolute Gasteiger partial charge is 0.392 e. The highest BCUT2D eigenvalue weighted by atomic mass is 16.3. The summed E-state index contributed by atoms with van der Waals surface area (Å²) in [6.07, 6.45) is 2.16. The summed E-state index contributed by atoms with van der Waals surface area (Å²) in [5.41, 5.74) is 2.76. The number of fused-ring (bicyclic) bond motifs is 3. The van der Waals surface area contributed by atoms with Crippen LogP contribution in [0.3, 0.4) is 0 Å². The van der Waals surface area contributed by atoms with Crippen molar-refractivity contribution in [3.8, 4) is 0 Å². The van der Waals surface area contributed by atoms with Crippen molar-refractivity contribution < 1.29 is 5.11 Å². The zero-order valence-corrected chi connectivity index (χ0v) is 11.7. The van der Waals surface area contributed by atoms with Gasteiger partial charge in [-0.3, -0.25) is 9.97 Å². The molecule has 20 heavy (non-hydrogen) atoms. The molecule has 0 saturated heterocycles. The van der Waals surface area contributed by atoms with E-state index >= 15 is 0 Å². The number of benzene rings is 1. The van der Waals surface area contributed by atoms with Crippen molar-refractivity contribution in [2.24, 2.45) is 0 Å². The predicted molar refractivity (Wildman–Crippen MR) is 81.8 cm³/mol. The summed E-state index contributed by atoms with van der Waals surface area (Å²) in [5.74, 6) is 0.0309. The molecule has 3 nitrogen and oxygen atoms in total. The topological polar surface area (TPSA) is 46.0 Å². The molecule has 2 unspecified atom stereocenters. The number of hydrogen-bond donors (Lipinski definition) is 1. The van der Waals surface area contributed by atoms with Crippen LogP contribution in [0.4, 0.5) is 0 Å². The van der Waals surface area contributed by atoms with Crippen molar-refractivity contribution in [3.63, 3.8) is 0 Å². The van der Waals surface area contributed by atoms with Crippen LogP contribution in [0.1, 0.15) is 31.9 Å². The number of rotatable bonds is 3. The van der Waals surface area contributed by atoms with Crippen LogP contribution < -0.4 is 0 Å². The van der Waals surface area contributed by atoms with Gasteiger partial charge in [-0.05, 0) is 18.6 Å². The van der Waals surface area contributed by atoms with E-state index in [4.69, 9.17) is 4.98 Å². The van der Waals surface area contributed by atoms with Gasteiger partial charge in [0.05, 0.1) is 17.1 Å². The van der Waals surface area contributed by atoms with E-state index < -0.39 is 0 Å². The Morgan fingerprint density at radius 1 is 1.05 bits per heavy atom. The number of hydrogen-bond acceptors (Lipinski definition) is 3. The monoisotopic (exact) mass is 266 g/mol. The van der Waals surface area contributed by atoms with Gasteiger partial charge in [0.15, 0.2) is 0 Å². The number of nitrogens with zero attached hydrogens (tertiary/aromatic N) is 2. The average Bonchev–Trinajstić information content (AvgIpc) is 2.52. The van der Waals surface area contributed by atoms with E-state index in [1.165, 1.54) is 0 Å². The molecule has 3 rings (SSSR count). The summed E-state index contributed by atoms with van der Waals surface area (Å²) in [5, 5.41) is 12.2. The molecule has 0 aliphatic carbocycles. The first-order valence-electron chi connectivity index (χ1n) is 7.03. The van der Waals surface area contributed by atoms with Gasteiger partial charge in [0.25, 0.3) is 0 Å². The predicted octanol–water partition coefficient (Wildman–Crippen LogP) is 3.66. The molecule has 2 heterocycles. The maximum atomic E-state index is 10.0. The van der Waals surface area contributed by atoms with Gasteiger partial charge in [-0.1, -0.05) is 38.1 Å². The fourth-order valence-corrected chi connectivity index (χ4v) is 2.54. The lowest BCUT2D eigenvalue weighted by molar-refractivity contribution is 0.144. The molecule has 0 radical (unpaired) electrons. The summed E-state index contributed by atoms with van der Waals surface area (Å²) in [6, 6.07) is 12.2. The Hall–Kier alpha value is -2.00. The molecule has 1 aromatic carbocycles. The zero-order valence-electron chi connectivity index (χ0n) is 11.7. The number of pyridine rings is 2. The molecule has 0 amide bonds. The summed E-state index contributed by atoms with van der Waals surface area (Å²) in [7, 11) is 0. The van der Waals surface area contributed by atoms with E-state index in [-0.39, 0.29) is 12.0 Å². The van der Waals surface area contributed by atoms with Gasteiger partial charge in [0.2, 0.25) is 0 Å². The van der Waals surface area contributed by atoms with Crippen molar-refractivity contribution >= 4 is 21.8 Å². The van der Waals surface area contributed by atoms with Crippen LogP contribution in [0.15, 0.2) is 42.6 Å². The third kappa shape index (κ3) is 2.14. The second-order valence-electron chi connectivity index (χ2n) is 5.21. The summed E-state index contributed by atoms with van der Waals surface area (Å²) < 4.78 is 0. The van der Waals surface area contributed by atoms with Gasteiger partial charge in [-0.25, -0.2) is 0 Å². The van der Waals surface area contributed by atoms with E-state index in [1.54, 1.807) is 6.20 Å². The lowest BCUT2D eigenvalue weighted by atomic mass is 9.97. The Balaban J connectivity index is 2.21. The van der Waals surface area contributed by atoms with Gasteiger partial charge >= 0.3 is 0 Å². The SMILES string of the molecule is CCC(O)C(C)c1ccc2ccc3cccnc3c2n1. The van der Waals surface area contributed by atoms with Crippen molar-refractivity contribution in [3.05, 3.63) is 48.3 Å². The highest BCUT2D eigenvalue weighted by molar-refractivity contribution is 6.02. The zero-order chi connectivity index (χ0) is 14.1. The molecule has 0 aliphatic rings. The Morgan fingerprint density at radius 3 is 2.50 bits per heavy atom. The second kappa shape index (κ2) is 5.17. The standard InChI is InChI=1S/C17H18N2O/c1-3-15(20)11(2)14-9-8-13-7-6-12-5-4-10-18-16(12)17(13)19-14/h4-11,15,20H,3H2,1-2H3. The quantitative estimate of drug-likeness (QED) is 0.736. The normalized spacial score (nSPS) is 14.6. The molecule has 0 bridgehead atoms. The summed E-state index contributed by atoms with van der Waals surface area (Å²) in [6.45, 7) is 4.00. The van der Waals surface area contributed by atoms with Crippen LogP contribution in [-0.4, -0.2) is 21.2 Å². The molecule has 0 fully saturated rings. The molecular weight excluding hydrogens is 248 g/mol. The number of aliphatic hydroxyl groups is 1. The molecular formula is C17H18N2O. The van der Waals surface area contributed by atoms with Crippen molar-refractivity contribution in [1.82, 2.24) is 9.97 Å². The van der Waals surface area contributed by atoms with E-state index in [9.17, 15) is 5.11 Å². The highest BCUT2D eigenvalue weighted by Gasteiger charge is 2.16. The van der Waals surface area contributed by atoms with E-state index in [0.717, 1.165) is 33.9 Å². The summed E-state index contributed by atoms with van der Waals surface area (Å²) in [4.78, 5) is 9.20. The minimum atomic E-state index is -0.358. The van der Waals surface area contributed by atoms with E-state index in [1.807, 2.05) is 32.0 Å². The van der Waals surface area contributed by atoms with Crippen molar-refractivity contribution in [1.29, 1.82) is 0 Å². The van der Waals surface area contributed by atoms with Crippen LogP contribution in [0.2, 0.25) is 0 Å². The van der Waals surface area contributed by atoms with Crippen molar-refractivity contribution in [2.45, 2.75) is 32.3 Å². The van der Waals surface area contributed by atoms with Crippen LogP contribution >= 0.6 is 0 Å². The summed E-state index contributed by atoms with van der Waals surface area (Å²) >= 11 is 0. The fraction of sp³-hybridized carbons (Fsp3) is 0.294. The van der Waals surface area contributed by atoms with Crippen LogP contribution in [0.5, 0.6) is 0 Å². The molecule has 0 saturated carbocycles. The molecule has 1 N–H and O–H groups in total. The number of aromatic nitrogens is 2. The Bertz CT molecular complexity index is 754. The third-order valence-corrected chi connectivity index (χ3v) is 3.92. The minimum absolute atomic E-state index is 0.0309. The van der Waals surface area contributed by atoms with Crippen LogP contribution in [-0.2, 0) is 0 Å². The maximum Gasteiger partial charge on any atom is 0.0967 e. The Morgan fingerprint density at radius 2 is 1.75 bits per heavy atom. The first-order valence-corrected chi connectivity index (χ1v) is 7.03. The molecule has 102 valence electrons. The molecule has 0 aliphatic heterocycles. The van der Waals surface area contributed by atoms with Gasteiger partial charge in [-0.2, -0.15) is 0 Å². The van der Waals surface area contributed by atoms with E-state index in [2.05, 4.69) is 23.2 Å². The Labute approximate surface area is 118 Å². The molecule has 0 spiro atoms. The average molecular weight is 266 g/mol. The van der Waals surface area contributed by atoms with Crippen molar-refractivity contribution in [2.75, 3.05) is 0 Å². The third-order valence-electron chi connectivity index (χ3n) is 3.92. The molecule has 2 aromatic heterocycles. The van der Waals surface area contributed by atoms with Gasteiger partial charge in [0.1, 0.15) is 0 Å². The molecule has 3 aromatic rings. The van der Waals surface area contributed by atoms with Crippen LogP contribution in [0.25, 0.3) is 21.8 Å². The lowest BCUT2D eigenvalue weighted by Gasteiger charge is -2.17. The van der Waals surface area contributed by atoms with Gasteiger partial charge < -0.3 is 5.11 Å². The first-order chi connectivity index (χ1) is 9.70. The maximum absolute atomic E-state index is 10.0. The first kappa shape index (κ1) is 13.0.